The van der Waals surface area contributed by atoms with Gasteiger partial charge >= 0.3 is 0 Å². The lowest BCUT2D eigenvalue weighted by Crippen LogP contribution is -2.32. The van der Waals surface area contributed by atoms with Crippen LogP contribution in [0.25, 0.3) is 10.8 Å². The van der Waals surface area contributed by atoms with Gasteiger partial charge in [0.2, 0.25) is 10.0 Å². The molecule has 6 nitrogen and oxygen atoms in total. The molecule has 132 valence electrons. The highest BCUT2D eigenvalue weighted by Crippen LogP contribution is 2.19. The Balaban J connectivity index is 1.94. The number of rotatable bonds is 10. The van der Waals surface area contributed by atoms with E-state index in [1.165, 1.54) is 31.5 Å². The molecule has 0 aliphatic carbocycles. The topological polar surface area (TPSA) is 91.1 Å². The molecule has 1 aromatic carbocycles. The first-order chi connectivity index (χ1) is 11.6. The number of pyridine rings is 1. The fraction of sp³-hybridized carbons (Fsp3) is 0.471. The van der Waals surface area contributed by atoms with Crippen molar-refractivity contribution in [2.24, 2.45) is 0 Å². The Morgan fingerprint density at radius 3 is 2.62 bits per heavy atom. The minimum absolute atomic E-state index is 0.133. The summed E-state index contributed by atoms with van der Waals surface area (Å²) in [5.74, 6) is 0. The van der Waals surface area contributed by atoms with Crippen LogP contribution in [-0.2, 0) is 10.0 Å². The Hall–Kier alpha value is -1.70. The van der Waals surface area contributed by atoms with Crippen LogP contribution in [0.2, 0.25) is 0 Å². The third-order valence-corrected chi connectivity index (χ3v) is 5.38. The standard InChI is InChI=1S/C17H25N3O3S/c1-2-3-4-5-10-18-12-13-20-24(22,23)16-8-6-7-15-14(16)9-11-19-17(15)21/h6-9,11,18,20H,2-5,10,12-13H2,1H3,(H,19,21). The predicted molar refractivity (Wildman–Crippen MR) is 96.8 cm³/mol. The van der Waals surface area contributed by atoms with Crippen molar-refractivity contribution in [3.05, 3.63) is 40.8 Å². The average Bonchev–Trinajstić information content (AvgIpc) is 2.57. The van der Waals surface area contributed by atoms with E-state index < -0.39 is 10.0 Å². The van der Waals surface area contributed by atoms with Crippen LogP contribution in [0.4, 0.5) is 0 Å². The van der Waals surface area contributed by atoms with Crippen molar-refractivity contribution in [3.63, 3.8) is 0 Å². The molecule has 3 N–H and O–H groups in total. The molecule has 1 aromatic heterocycles. The van der Waals surface area contributed by atoms with E-state index in [9.17, 15) is 13.2 Å². The number of fused-ring (bicyclic) bond motifs is 1. The van der Waals surface area contributed by atoms with Crippen molar-refractivity contribution in [2.75, 3.05) is 19.6 Å². The van der Waals surface area contributed by atoms with E-state index in [-0.39, 0.29) is 10.5 Å². The van der Waals surface area contributed by atoms with Gasteiger partial charge in [0.1, 0.15) is 0 Å². The van der Waals surface area contributed by atoms with E-state index in [4.69, 9.17) is 0 Å². The lowest BCUT2D eigenvalue weighted by molar-refractivity contribution is 0.568. The molecule has 0 amide bonds. The molecular weight excluding hydrogens is 326 g/mol. The van der Waals surface area contributed by atoms with E-state index >= 15 is 0 Å². The second-order valence-electron chi connectivity index (χ2n) is 5.73. The second-order valence-corrected chi connectivity index (χ2v) is 7.47. The first-order valence-corrected chi connectivity index (χ1v) is 9.85. The zero-order valence-corrected chi connectivity index (χ0v) is 14.8. The van der Waals surface area contributed by atoms with Gasteiger partial charge in [0.05, 0.1) is 4.90 Å². The van der Waals surface area contributed by atoms with Crippen molar-refractivity contribution in [2.45, 2.75) is 37.5 Å². The zero-order chi connectivity index (χ0) is 17.4. The maximum atomic E-state index is 12.5. The molecule has 0 fully saturated rings. The van der Waals surface area contributed by atoms with Crippen molar-refractivity contribution in [3.8, 4) is 0 Å². The van der Waals surface area contributed by atoms with Crippen LogP contribution in [0.5, 0.6) is 0 Å². The van der Waals surface area contributed by atoms with Crippen LogP contribution in [0, 0.1) is 0 Å². The third-order valence-electron chi connectivity index (χ3n) is 3.87. The van der Waals surface area contributed by atoms with Crippen molar-refractivity contribution in [1.29, 1.82) is 0 Å². The number of hydrogen-bond donors (Lipinski definition) is 3. The summed E-state index contributed by atoms with van der Waals surface area (Å²) >= 11 is 0. The van der Waals surface area contributed by atoms with Gasteiger partial charge in [-0.2, -0.15) is 0 Å². The van der Waals surface area contributed by atoms with Gasteiger partial charge in [-0.05, 0) is 31.2 Å². The van der Waals surface area contributed by atoms with Crippen LogP contribution in [0.1, 0.15) is 32.6 Å². The average molecular weight is 351 g/mol. The SMILES string of the molecule is CCCCCCNCCNS(=O)(=O)c1cccc2c(=O)[nH]ccc12. The lowest BCUT2D eigenvalue weighted by Gasteiger charge is -2.10. The van der Waals surface area contributed by atoms with Gasteiger partial charge in [-0.15, -0.1) is 0 Å². The highest BCUT2D eigenvalue weighted by molar-refractivity contribution is 7.89. The molecule has 0 spiro atoms. The van der Waals surface area contributed by atoms with Crippen LogP contribution >= 0.6 is 0 Å². The molecule has 0 aliphatic heterocycles. The Labute approximate surface area is 142 Å². The zero-order valence-electron chi connectivity index (χ0n) is 14.0. The minimum atomic E-state index is -3.65. The van der Waals surface area contributed by atoms with E-state index in [1.54, 1.807) is 18.2 Å². The summed E-state index contributed by atoms with van der Waals surface area (Å²) < 4.78 is 27.5. The predicted octanol–water partition coefficient (Wildman–Crippen LogP) is 1.98. The van der Waals surface area contributed by atoms with Gasteiger partial charge in [-0.3, -0.25) is 4.79 Å². The van der Waals surface area contributed by atoms with Crippen molar-refractivity contribution < 1.29 is 8.42 Å². The number of unbranched alkanes of at least 4 members (excludes halogenated alkanes) is 3. The van der Waals surface area contributed by atoms with Crippen LogP contribution in [0.15, 0.2) is 40.2 Å². The molecule has 0 saturated heterocycles. The van der Waals surface area contributed by atoms with Gasteiger partial charge in [-0.1, -0.05) is 32.3 Å². The summed E-state index contributed by atoms with van der Waals surface area (Å²) in [4.78, 5) is 14.5. The molecule has 7 heteroatoms. The molecule has 2 rings (SSSR count). The monoisotopic (exact) mass is 351 g/mol. The Kier molecular flexibility index (Phi) is 6.96. The quantitative estimate of drug-likeness (QED) is 0.571. The fourth-order valence-corrected chi connectivity index (χ4v) is 3.83. The molecule has 24 heavy (non-hydrogen) atoms. The first kappa shape index (κ1) is 18.6. The first-order valence-electron chi connectivity index (χ1n) is 8.37. The molecule has 0 unspecified atom stereocenters. The summed E-state index contributed by atoms with van der Waals surface area (Å²) in [6.45, 7) is 3.96. The molecule has 0 bridgehead atoms. The lowest BCUT2D eigenvalue weighted by atomic mass is 10.2. The van der Waals surface area contributed by atoms with Crippen LogP contribution in [0.3, 0.4) is 0 Å². The van der Waals surface area contributed by atoms with Crippen LogP contribution in [-0.4, -0.2) is 33.0 Å². The highest BCUT2D eigenvalue weighted by atomic mass is 32.2. The molecular formula is C17H25N3O3S. The van der Waals surface area contributed by atoms with Crippen LogP contribution < -0.4 is 15.6 Å². The summed E-state index contributed by atoms with van der Waals surface area (Å²) in [6, 6.07) is 6.32. The van der Waals surface area contributed by atoms with E-state index in [2.05, 4.69) is 21.9 Å². The number of sulfonamides is 1. The van der Waals surface area contributed by atoms with Gasteiger partial charge in [0.25, 0.3) is 5.56 Å². The van der Waals surface area contributed by atoms with E-state index in [1.807, 2.05) is 0 Å². The number of aromatic nitrogens is 1. The Morgan fingerprint density at radius 1 is 1.00 bits per heavy atom. The normalized spacial score (nSPS) is 11.9. The largest absolute Gasteiger partial charge is 0.329 e. The molecule has 2 aromatic rings. The summed E-state index contributed by atoms with van der Waals surface area (Å²) in [7, 11) is -3.65. The minimum Gasteiger partial charge on any atom is -0.329 e. The number of aromatic amines is 1. The smallest absolute Gasteiger partial charge is 0.255 e. The van der Waals surface area contributed by atoms with Crippen molar-refractivity contribution >= 4 is 20.8 Å². The Bertz CT molecular complexity index is 815. The summed E-state index contributed by atoms with van der Waals surface area (Å²) in [5, 5.41) is 4.03. The molecule has 0 radical (unpaired) electrons. The number of H-pyrrole nitrogens is 1. The number of hydrogen-bond acceptors (Lipinski definition) is 4. The molecule has 0 atom stereocenters. The maximum absolute atomic E-state index is 12.5. The van der Waals surface area contributed by atoms with Gasteiger partial charge in [-0.25, -0.2) is 13.1 Å². The molecule has 0 saturated carbocycles. The number of nitrogens with one attached hydrogen (secondary N) is 3. The van der Waals surface area contributed by atoms with Gasteiger partial charge < -0.3 is 10.3 Å². The van der Waals surface area contributed by atoms with Crippen molar-refractivity contribution in [1.82, 2.24) is 15.0 Å². The summed E-state index contributed by atoms with van der Waals surface area (Å²) in [5.41, 5.74) is -0.293. The summed E-state index contributed by atoms with van der Waals surface area (Å²) in [6.07, 6.45) is 6.19. The Morgan fingerprint density at radius 2 is 1.83 bits per heavy atom. The second kappa shape index (κ2) is 8.96. The number of benzene rings is 1. The molecule has 0 aliphatic rings. The van der Waals surface area contributed by atoms with Gasteiger partial charge in [0.15, 0.2) is 0 Å². The highest BCUT2D eigenvalue weighted by Gasteiger charge is 2.17. The molecule has 1 heterocycles. The van der Waals surface area contributed by atoms with E-state index in [0.717, 1.165) is 13.0 Å². The third kappa shape index (κ3) is 4.90. The fourth-order valence-electron chi connectivity index (χ4n) is 2.58. The van der Waals surface area contributed by atoms with Gasteiger partial charge in [0, 0.05) is 30.1 Å². The maximum Gasteiger partial charge on any atom is 0.255 e. The van der Waals surface area contributed by atoms with E-state index in [0.29, 0.717) is 23.9 Å².